The minimum atomic E-state index is -0.0560. The highest BCUT2D eigenvalue weighted by Crippen LogP contribution is 2.30. The lowest BCUT2D eigenvalue weighted by Crippen LogP contribution is -2.29. The first-order valence-electron chi connectivity index (χ1n) is 3.99. The van der Waals surface area contributed by atoms with Crippen molar-refractivity contribution in [2.45, 2.75) is 32.8 Å². The molecule has 0 aromatic heterocycles. The van der Waals surface area contributed by atoms with E-state index in [1.54, 1.807) is 7.11 Å². The molecule has 1 atom stereocenters. The summed E-state index contributed by atoms with van der Waals surface area (Å²) < 4.78 is 5.43. The average Bonchev–Trinajstić information content (AvgIpc) is 1.98. The Morgan fingerprint density at radius 3 is 2.55 bits per heavy atom. The van der Waals surface area contributed by atoms with Crippen molar-refractivity contribution in [3.63, 3.8) is 0 Å². The molecule has 0 amide bonds. The first-order valence-corrected chi connectivity index (χ1v) is 3.99. The quantitative estimate of drug-likeness (QED) is 0.561. The maximum absolute atomic E-state index is 5.43. The molecule has 0 aromatic carbocycles. The Labute approximate surface area is 68.8 Å². The second kappa shape index (κ2) is 2.82. The van der Waals surface area contributed by atoms with E-state index < -0.39 is 0 Å². The third kappa shape index (κ3) is 1.54. The second-order valence-electron chi connectivity index (χ2n) is 3.41. The molecule has 0 heterocycles. The maximum Gasteiger partial charge on any atom is 0.0894 e. The van der Waals surface area contributed by atoms with Crippen LogP contribution in [0.2, 0.25) is 0 Å². The van der Waals surface area contributed by atoms with Crippen molar-refractivity contribution >= 4 is 0 Å². The minimum absolute atomic E-state index is 0.0560. The van der Waals surface area contributed by atoms with E-state index >= 15 is 0 Å². The Hall–Kier alpha value is -0.560. The molecule has 11 heavy (non-hydrogen) atoms. The van der Waals surface area contributed by atoms with Crippen LogP contribution in [0, 0.1) is 0 Å². The first-order chi connectivity index (χ1) is 5.08. The molecule has 0 N–H and O–H groups in total. The van der Waals surface area contributed by atoms with Gasteiger partial charge in [0.15, 0.2) is 0 Å². The van der Waals surface area contributed by atoms with Crippen LogP contribution in [0.3, 0.4) is 0 Å². The lowest BCUT2D eigenvalue weighted by molar-refractivity contribution is 0.0396. The monoisotopic (exact) mass is 152 g/mol. The number of rotatable bonds is 1. The van der Waals surface area contributed by atoms with E-state index in [0.717, 1.165) is 6.42 Å². The van der Waals surface area contributed by atoms with Crippen LogP contribution in [0.25, 0.3) is 0 Å². The number of allylic oxidation sites excluding steroid dienone is 2. The lowest BCUT2D eigenvalue weighted by atomic mass is 9.87. The molecule has 1 aliphatic rings. The molecule has 0 saturated heterocycles. The summed E-state index contributed by atoms with van der Waals surface area (Å²) in [6.07, 6.45) is 5.40. The number of hydrogen-bond donors (Lipinski definition) is 0. The summed E-state index contributed by atoms with van der Waals surface area (Å²) in [6, 6.07) is 0. The van der Waals surface area contributed by atoms with Gasteiger partial charge in [-0.2, -0.15) is 0 Å². The normalized spacial score (nSPS) is 31.3. The number of methoxy groups -OCH3 is 1. The zero-order valence-corrected chi connectivity index (χ0v) is 7.77. The van der Waals surface area contributed by atoms with Crippen LogP contribution in [-0.4, -0.2) is 12.7 Å². The van der Waals surface area contributed by atoms with Gasteiger partial charge in [-0.3, -0.25) is 0 Å². The van der Waals surface area contributed by atoms with Crippen LogP contribution >= 0.6 is 0 Å². The van der Waals surface area contributed by atoms with Crippen molar-refractivity contribution in [1.82, 2.24) is 0 Å². The Morgan fingerprint density at radius 2 is 2.09 bits per heavy atom. The zero-order chi connectivity index (χ0) is 8.48. The van der Waals surface area contributed by atoms with E-state index in [2.05, 4.69) is 32.9 Å². The highest BCUT2D eigenvalue weighted by molar-refractivity contribution is 5.31. The van der Waals surface area contributed by atoms with E-state index in [-0.39, 0.29) is 5.60 Å². The fourth-order valence-corrected chi connectivity index (χ4v) is 1.31. The molecule has 0 aromatic rings. The van der Waals surface area contributed by atoms with Gasteiger partial charge in [0.1, 0.15) is 0 Å². The molecule has 62 valence electrons. The second-order valence-corrected chi connectivity index (χ2v) is 3.41. The molecule has 1 rings (SSSR count). The molecule has 0 spiro atoms. The zero-order valence-electron chi connectivity index (χ0n) is 7.77. The summed E-state index contributed by atoms with van der Waals surface area (Å²) in [5.74, 6) is 0. The highest BCUT2D eigenvalue weighted by atomic mass is 16.5. The Balaban J connectivity index is 2.87. The van der Waals surface area contributed by atoms with Crippen molar-refractivity contribution in [2.75, 3.05) is 7.11 Å². The topological polar surface area (TPSA) is 9.23 Å². The molecule has 0 fully saturated rings. The van der Waals surface area contributed by atoms with Gasteiger partial charge in [-0.25, -0.2) is 0 Å². The standard InChI is InChI=1S/C10H16O/c1-8-5-6-10(3,11-4)9(2)7-8/h5,7H,6H2,1-4H3. The molecular formula is C10H16O. The first kappa shape index (κ1) is 8.54. The molecule has 0 radical (unpaired) electrons. The maximum atomic E-state index is 5.43. The Kier molecular flexibility index (Phi) is 2.19. The van der Waals surface area contributed by atoms with Crippen molar-refractivity contribution in [2.24, 2.45) is 0 Å². The van der Waals surface area contributed by atoms with E-state index in [4.69, 9.17) is 4.74 Å². The molecule has 1 heteroatoms. The van der Waals surface area contributed by atoms with Gasteiger partial charge in [-0.1, -0.05) is 17.7 Å². The largest absolute Gasteiger partial charge is 0.374 e. The smallest absolute Gasteiger partial charge is 0.0894 e. The molecule has 0 bridgehead atoms. The molecular weight excluding hydrogens is 136 g/mol. The van der Waals surface area contributed by atoms with Gasteiger partial charge >= 0.3 is 0 Å². The van der Waals surface area contributed by atoms with Gasteiger partial charge in [0.25, 0.3) is 0 Å². The van der Waals surface area contributed by atoms with Crippen LogP contribution in [0.15, 0.2) is 23.3 Å². The lowest BCUT2D eigenvalue weighted by Gasteiger charge is -2.31. The summed E-state index contributed by atoms with van der Waals surface area (Å²) in [7, 11) is 1.77. The van der Waals surface area contributed by atoms with Crippen LogP contribution in [-0.2, 0) is 4.74 Å². The van der Waals surface area contributed by atoms with Crippen LogP contribution in [0.4, 0.5) is 0 Å². The summed E-state index contributed by atoms with van der Waals surface area (Å²) >= 11 is 0. The van der Waals surface area contributed by atoms with Gasteiger partial charge < -0.3 is 4.74 Å². The molecule has 1 aliphatic carbocycles. The number of hydrogen-bond acceptors (Lipinski definition) is 1. The SMILES string of the molecule is COC1(C)CC=C(C)C=C1C. The Morgan fingerprint density at radius 1 is 1.45 bits per heavy atom. The molecule has 0 aliphatic heterocycles. The number of ether oxygens (including phenoxy) is 1. The Bertz CT molecular complexity index is 213. The fourth-order valence-electron chi connectivity index (χ4n) is 1.31. The third-order valence-corrected chi connectivity index (χ3v) is 2.54. The minimum Gasteiger partial charge on any atom is -0.374 e. The van der Waals surface area contributed by atoms with Gasteiger partial charge in [0, 0.05) is 7.11 Å². The average molecular weight is 152 g/mol. The van der Waals surface area contributed by atoms with E-state index in [0.29, 0.717) is 0 Å². The predicted octanol–water partition coefficient (Wildman–Crippen LogP) is 2.69. The van der Waals surface area contributed by atoms with Crippen LogP contribution in [0.5, 0.6) is 0 Å². The van der Waals surface area contributed by atoms with E-state index in [1.807, 2.05) is 0 Å². The van der Waals surface area contributed by atoms with Crippen molar-refractivity contribution < 1.29 is 4.74 Å². The summed E-state index contributed by atoms with van der Waals surface area (Å²) in [5.41, 5.74) is 2.61. The summed E-state index contributed by atoms with van der Waals surface area (Å²) in [4.78, 5) is 0. The van der Waals surface area contributed by atoms with Crippen LogP contribution in [0.1, 0.15) is 27.2 Å². The van der Waals surface area contributed by atoms with Gasteiger partial charge in [0.2, 0.25) is 0 Å². The molecule has 1 nitrogen and oxygen atoms in total. The molecule has 1 unspecified atom stereocenters. The van der Waals surface area contributed by atoms with Gasteiger partial charge in [-0.15, -0.1) is 0 Å². The van der Waals surface area contributed by atoms with E-state index in [9.17, 15) is 0 Å². The fraction of sp³-hybridized carbons (Fsp3) is 0.600. The summed E-state index contributed by atoms with van der Waals surface area (Å²) in [5, 5.41) is 0. The van der Waals surface area contributed by atoms with Crippen molar-refractivity contribution in [3.05, 3.63) is 23.3 Å². The van der Waals surface area contributed by atoms with Gasteiger partial charge in [-0.05, 0) is 32.8 Å². The van der Waals surface area contributed by atoms with Crippen molar-refractivity contribution in [3.8, 4) is 0 Å². The van der Waals surface area contributed by atoms with Crippen molar-refractivity contribution in [1.29, 1.82) is 0 Å². The highest BCUT2D eigenvalue weighted by Gasteiger charge is 2.26. The molecule has 0 saturated carbocycles. The third-order valence-electron chi connectivity index (χ3n) is 2.54. The summed E-state index contributed by atoms with van der Waals surface area (Å²) in [6.45, 7) is 6.38. The predicted molar refractivity (Wildman–Crippen MR) is 47.5 cm³/mol. The van der Waals surface area contributed by atoms with Crippen LogP contribution < -0.4 is 0 Å². The van der Waals surface area contributed by atoms with Gasteiger partial charge in [0.05, 0.1) is 5.60 Å². The van der Waals surface area contributed by atoms with E-state index in [1.165, 1.54) is 11.1 Å².